The summed E-state index contributed by atoms with van der Waals surface area (Å²) < 4.78 is 16.2. The van der Waals surface area contributed by atoms with Gasteiger partial charge in [0.05, 0.1) is 33.1 Å². The molecule has 6 heteroatoms. The number of hydrogen-bond donors (Lipinski definition) is 2. The van der Waals surface area contributed by atoms with Crippen LogP contribution in [0.2, 0.25) is 0 Å². The van der Waals surface area contributed by atoms with Crippen molar-refractivity contribution in [2.24, 2.45) is 4.99 Å². The third-order valence-electron chi connectivity index (χ3n) is 4.17. The lowest BCUT2D eigenvalue weighted by Crippen LogP contribution is -2.43. The lowest BCUT2D eigenvalue weighted by molar-refractivity contribution is 0.128. The summed E-state index contributed by atoms with van der Waals surface area (Å²) in [6.07, 6.45) is 3.55. The molecule has 148 valence electrons. The Morgan fingerprint density at radius 2 is 2.04 bits per heavy atom. The third-order valence-corrected chi connectivity index (χ3v) is 4.17. The van der Waals surface area contributed by atoms with Gasteiger partial charge >= 0.3 is 0 Å². The van der Waals surface area contributed by atoms with Gasteiger partial charge in [0.2, 0.25) is 0 Å². The predicted octanol–water partition coefficient (Wildman–Crippen LogP) is 3.38. The monoisotopic (exact) mass is 373 g/mol. The van der Waals surface area contributed by atoms with Crippen LogP contribution in [-0.2, 0) is 17.8 Å². The summed E-state index contributed by atoms with van der Waals surface area (Å²) in [5.74, 6) is 2.63. The Labute approximate surface area is 162 Å². The number of nitrogens with one attached hydrogen (secondary N) is 2. The maximum Gasteiger partial charge on any atom is 0.191 e. The van der Waals surface area contributed by atoms with Crippen LogP contribution in [-0.4, -0.2) is 38.8 Å². The van der Waals surface area contributed by atoms with Crippen LogP contribution >= 0.6 is 0 Å². The molecule has 0 amide bonds. The molecule has 0 aliphatic rings. The molecule has 1 unspecified atom stereocenters. The Morgan fingerprint density at radius 1 is 1.22 bits per heavy atom. The number of nitrogens with zero attached hydrogens (tertiary/aromatic N) is 1. The van der Waals surface area contributed by atoms with Crippen molar-refractivity contribution >= 4 is 5.96 Å². The number of benzene rings is 1. The second-order valence-electron chi connectivity index (χ2n) is 6.34. The minimum absolute atomic E-state index is 0.361. The van der Waals surface area contributed by atoms with Gasteiger partial charge in [-0.1, -0.05) is 19.1 Å². The Kier molecular flexibility index (Phi) is 9.27. The molecule has 0 bridgehead atoms. The van der Waals surface area contributed by atoms with Gasteiger partial charge in [-0.05, 0) is 43.2 Å². The number of furan rings is 1. The van der Waals surface area contributed by atoms with Crippen LogP contribution in [0.4, 0.5) is 0 Å². The zero-order valence-electron chi connectivity index (χ0n) is 16.5. The minimum atomic E-state index is 0.361. The molecule has 0 spiro atoms. The summed E-state index contributed by atoms with van der Waals surface area (Å²) in [6.45, 7) is 6.79. The number of hydrogen-bond acceptors (Lipinski definition) is 4. The van der Waals surface area contributed by atoms with E-state index in [1.165, 1.54) is 0 Å². The maximum atomic E-state index is 5.72. The number of ether oxygens (including phenoxy) is 2. The van der Waals surface area contributed by atoms with Crippen molar-refractivity contribution in [1.82, 2.24) is 10.6 Å². The molecule has 0 aliphatic heterocycles. The van der Waals surface area contributed by atoms with E-state index in [1.807, 2.05) is 36.4 Å². The highest BCUT2D eigenvalue weighted by Gasteiger charge is 2.04. The maximum absolute atomic E-state index is 5.72. The van der Waals surface area contributed by atoms with E-state index < -0.39 is 0 Å². The fraction of sp³-hybridized carbons (Fsp3) is 0.476. The summed E-state index contributed by atoms with van der Waals surface area (Å²) in [6, 6.07) is 12.1. The normalized spacial score (nSPS) is 12.6. The van der Waals surface area contributed by atoms with E-state index in [0.29, 0.717) is 25.8 Å². The summed E-state index contributed by atoms with van der Waals surface area (Å²) in [7, 11) is 1.66. The fourth-order valence-corrected chi connectivity index (χ4v) is 2.38. The van der Waals surface area contributed by atoms with Gasteiger partial charge in [0, 0.05) is 19.0 Å². The SMILES string of the molecule is CCC(C)NC(=NCCOCc1ccc(OC)cc1)NCCc1ccco1. The Balaban J connectivity index is 1.72. The average molecular weight is 373 g/mol. The summed E-state index contributed by atoms with van der Waals surface area (Å²) in [4.78, 5) is 4.61. The van der Waals surface area contributed by atoms with Gasteiger partial charge in [0.15, 0.2) is 5.96 Å². The van der Waals surface area contributed by atoms with Gasteiger partial charge in [-0.3, -0.25) is 4.99 Å². The molecular formula is C21H31N3O3. The number of rotatable bonds is 11. The summed E-state index contributed by atoms with van der Waals surface area (Å²) in [5, 5.41) is 6.76. The molecule has 0 aliphatic carbocycles. The standard InChI is InChI=1S/C21H31N3O3/c1-4-17(2)24-21(22-12-11-20-6-5-14-27-20)23-13-15-26-16-18-7-9-19(25-3)10-8-18/h5-10,14,17H,4,11-13,15-16H2,1-3H3,(H2,22,23,24). The lowest BCUT2D eigenvalue weighted by Gasteiger charge is -2.17. The van der Waals surface area contributed by atoms with E-state index in [-0.39, 0.29) is 0 Å². The summed E-state index contributed by atoms with van der Waals surface area (Å²) in [5.41, 5.74) is 1.12. The lowest BCUT2D eigenvalue weighted by atomic mass is 10.2. The molecule has 0 fully saturated rings. The van der Waals surface area contributed by atoms with E-state index in [4.69, 9.17) is 13.9 Å². The molecule has 1 heterocycles. The van der Waals surface area contributed by atoms with Gasteiger partial charge in [-0.15, -0.1) is 0 Å². The first-order chi connectivity index (χ1) is 13.2. The third kappa shape index (κ3) is 8.17. The zero-order chi connectivity index (χ0) is 19.3. The van der Waals surface area contributed by atoms with Crippen molar-refractivity contribution in [3.63, 3.8) is 0 Å². The van der Waals surface area contributed by atoms with Crippen molar-refractivity contribution in [2.45, 2.75) is 39.3 Å². The van der Waals surface area contributed by atoms with Crippen LogP contribution in [0.3, 0.4) is 0 Å². The molecular weight excluding hydrogens is 342 g/mol. The first-order valence-corrected chi connectivity index (χ1v) is 9.49. The van der Waals surface area contributed by atoms with Gasteiger partial charge in [0.25, 0.3) is 0 Å². The Bertz CT molecular complexity index is 654. The van der Waals surface area contributed by atoms with E-state index in [9.17, 15) is 0 Å². The van der Waals surface area contributed by atoms with E-state index in [1.54, 1.807) is 13.4 Å². The molecule has 1 atom stereocenters. The number of methoxy groups -OCH3 is 1. The topological polar surface area (TPSA) is 68.0 Å². The van der Waals surface area contributed by atoms with E-state index in [0.717, 1.165) is 42.4 Å². The quantitative estimate of drug-likeness (QED) is 0.359. The molecule has 0 saturated carbocycles. The van der Waals surface area contributed by atoms with Crippen LogP contribution in [0.15, 0.2) is 52.1 Å². The highest BCUT2D eigenvalue weighted by atomic mass is 16.5. The van der Waals surface area contributed by atoms with Crippen molar-refractivity contribution in [3.8, 4) is 5.75 Å². The summed E-state index contributed by atoms with van der Waals surface area (Å²) >= 11 is 0. The van der Waals surface area contributed by atoms with Crippen LogP contribution in [0.25, 0.3) is 0 Å². The van der Waals surface area contributed by atoms with Gasteiger partial charge in [0.1, 0.15) is 11.5 Å². The van der Waals surface area contributed by atoms with Crippen LogP contribution < -0.4 is 15.4 Å². The second kappa shape index (κ2) is 12.0. The van der Waals surface area contributed by atoms with E-state index >= 15 is 0 Å². The Morgan fingerprint density at radius 3 is 2.70 bits per heavy atom. The zero-order valence-corrected chi connectivity index (χ0v) is 16.5. The molecule has 0 radical (unpaired) electrons. The molecule has 27 heavy (non-hydrogen) atoms. The molecule has 1 aromatic carbocycles. The average Bonchev–Trinajstić information content (AvgIpc) is 3.21. The van der Waals surface area contributed by atoms with E-state index in [2.05, 4.69) is 29.5 Å². The van der Waals surface area contributed by atoms with Crippen LogP contribution in [0, 0.1) is 0 Å². The first kappa shape index (κ1) is 20.8. The van der Waals surface area contributed by atoms with Crippen LogP contribution in [0.5, 0.6) is 5.75 Å². The van der Waals surface area contributed by atoms with Crippen molar-refractivity contribution in [1.29, 1.82) is 0 Å². The molecule has 0 saturated heterocycles. The molecule has 6 nitrogen and oxygen atoms in total. The predicted molar refractivity (Wildman–Crippen MR) is 108 cm³/mol. The second-order valence-corrected chi connectivity index (χ2v) is 6.34. The highest BCUT2D eigenvalue weighted by molar-refractivity contribution is 5.80. The largest absolute Gasteiger partial charge is 0.497 e. The van der Waals surface area contributed by atoms with Crippen LogP contribution in [0.1, 0.15) is 31.6 Å². The molecule has 2 N–H and O–H groups in total. The minimum Gasteiger partial charge on any atom is -0.497 e. The first-order valence-electron chi connectivity index (χ1n) is 9.49. The fourth-order valence-electron chi connectivity index (χ4n) is 2.38. The number of aliphatic imine (C=N–C) groups is 1. The molecule has 1 aromatic heterocycles. The highest BCUT2D eigenvalue weighted by Crippen LogP contribution is 2.11. The van der Waals surface area contributed by atoms with Gasteiger partial charge in [-0.2, -0.15) is 0 Å². The smallest absolute Gasteiger partial charge is 0.191 e. The van der Waals surface area contributed by atoms with Crippen molar-refractivity contribution < 1.29 is 13.9 Å². The van der Waals surface area contributed by atoms with Crippen molar-refractivity contribution in [3.05, 3.63) is 54.0 Å². The van der Waals surface area contributed by atoms with Gasteiger partial charge < -0.3 is 24.5 Å². The molecule has 2 aromatic rings. The Hall–Kier alpha value is -2.47. The van der Waals surface area contributed by atoms with Crippen molar-refractivity contribution in [2.75, 3.05) is 26.8 Å². The number of guanidine groups is 1. The van der Waals surface area contributed by atoms with Gasteiger partial charge in [-0.25, -0.2) is 0 Å². The molecule has 2 rings (SSSR count).